The summed E-state index contributed by atoms with van der Waals surface area (Å²) in [6.45, 7) is 6.03. The van der Waals surface area contributed by atoms with Crippen molar-refractivity contribution in [2.24, 2.45) is 0 Å². The van der Waals surface area contributed by atoms with Crippen LogP contribution in [-0.4, -0.2) is 42.5 Å². The van der Waals surface area contributed by atoms with E-state index in [1.807, 2.05) is 12.1 Å². The quantitative estimate of drug-likeness (QED) is 0.831. The number of hydrogen-bond acceptors (Lipinski definition) is 2. The lowest BCUT2D eigenvalue weighted by Crippen LogP contribution is -2.45. The minimum atomic E-state index is -0.146. The number of piperazine rings is 1. The minimum absolute atomic E-state index is 0.146. The Kier molecular flexibility index (Phi) is 5.56. The maximum absolute atomic E-state index is 13.2. The monoisotopic (exact) mass is 310 g/mol. The predicted molar refractivity (Wildman–Crippen MR) is 93.6 cm³/mol. The van der Waals surface area contributed by atoms with Crippen LogP contribution in [0.15, 0.2) is 60.7 Å². The Morgan fingerprint density at radius 1 is 0.870 bits per heavy atom. The topological polar surface area (TPSA) is 6.48 Å². The predicted octanol–water partition coefficient (Wildman–Crippen LogP) is 3.66. The Hall–Kier alpha value is -1.97. The summed E-state index contributed by atoms with van der Waals surface area (Å²) in [7, 11) is 0. The summed E-state index contributed by atoms with van der Waals surface area (Å²) in [6.07, 6.45) is 4.41. The lowest BCUT2D eigenvalue weighted by Gasteiger charge is -2.34. The molecule has 3 rings (SSSR count). The van der Waals surface area contributed by atoms with Crippen LogP contribution in [0, 0.1) is 5.82 Å². The number of benzene rings is 2. The van der Waals surface area contributed by atoms with Crippen molar-refractivity contribution >= 4 is 6.08 Å². The van der Waals surface area contributed by atoms with Gasteiger partial charge in [0.05, 0.1) is 0 Å². The van der Waals surface area contributed by atoms with Crippen LogP contribution in [0.3, 0.4) is 0 Å². The molecule has 2 aromatic rings. The van der Waals surface area contributed by atoms with E-state index >= 15 is 0 Å². The Morgan fingerprint density at radius 3 is 2.35 bits per heavy atom. The summed E-state index contributed by atoms with van der Waals surface area (Å²) < 4.78 is 13.2. The second kappa shape index (κ2) is 8.04. The average molecular weight is 310 g/mol. The molecule has 1 aliphatic heterocycles. The molecule has 0 aromatic heterocycles. The van der Waals surface area contributed by atoms with Gasteiger partial charge >= 0.3 is 0 Å². The standard InChI is InChI=1S/C20H23FN2/c21-20-10-4-8-19(16-20)17-23-14-12-22(13-15-23)11-5-9-18-6-2-1-3-7-18/h1-10,16H,11-15,17H2/b9-5-. The molecule has 23 heavy (non-hydrogen) atoms. The summed E-state index contributed by atoms with van der Waals surface area (Å²) in [5.41, 5.74) is 2.31. The van der Waals surface area contributed by atoms with Crippen molar-refractivity contribution in [1.82, 2.24) is 9.80 Å². The van der Waals surface area contributed by atoms with Crippen LogP contribution < -0.4 is 0 Å². The lowest BCUT2D eigenvalue weighted by molar-refractivity contribution is 0.137. The second-order valence-electron chi connectivity index (χ2n) is 6.02. The number of halogens is 1. The molecular formula is C20H23FN2. The van der Waals surface area contributed by atoms with Gasteiger partial charge in [-0.2, -0.15) is 0 Å². The van der Waals surface area contributed by atoms with Crippen LogP contribution in [-0.2, 0) is 6.54 Å². The molecular weight excluding hydrogens is 287 g/mol. The fraction of sp³-hybridized carbons (Fsp3) is 0.300. The minimum Gasteiger partial charge on any atom is -0.297 e. The maximum Gasteiger partial charge on any atom is 0.123 e. The van der Waals surface area contributed by atoms with Gasteiger partial charge in [0.25, 0.3) is 0 Å². The van der Waals surface area contributed by atoms with Gasteiger partial charge in [0.2, 0.25) is 0 Å². The summed E-state index contributed by atoms with van der Waals surface area (Å²) in [5.74, 6) is -0.146. The van der Waals surface area contributed by atoms with Crippen molar-refractivity contribution in [3.8, 4) is 0 Å². The first-order chi connectivity index (χ1) is 11.3. The first kappa shape index (κ1) is 15.9. The molecule has 0 bridgehead atoms. The largest absolute Gasteiger partial charge is 0.297 e. The molecule has 1 heterocycles. The Balaban J connectivity index is 1.42. The van der Waals surface area contributed by atoms with Crippen molar-refractivity contribution in [1.29, 1.82) is 0 Å². The highest BCUT2D eigenvalue weighted by atomic mass is 19.1. The van der Waals surface area contributed by atoms with Gasteiger partial charge in [-0.1, -0.05) is 54.6 Å². The first-order valence-corrected chi connectivity index (χ1v) is 8.20. The van der Waals surface area contributed by atoms with E-state index in [0.29, 0.717) is 0 Å². The highest BCUT2D eigenvalue weighted by Crippen LogP contribution is 2.10. The summed E-state index contributed by atoms with van der Waals surface area (Å²) >= 11 is 0. The van der Waals surface area contributed by atoms with E-state index in [1.54, 1.807) is 12.1 Å². The summed E-state index contributed by atoms with van der Waals surface area (Å²) in [5, 5.41) is 0. The third kappa shape index (κ3) is 5.02. The van der Waals surface area contributed by atoms with Gasteiger partial charge in [0, 0.05) is 39.3 Å². The van der Waals surface area contributed by atoms with Crippen LogP contribution in [0.2, 0.25) is 0 Å². The summed E-state index contributed by atoms with van der Waals surface area (Å²) in [4.78, 5) is 4.85. The SMILES string of the molecule is Fc1cccc(CN2CCN(C/C=C\c3ccccc3)CC2)c1. The molecule has 120 valence electrons. The van der Waals surface area contributed by atoms with E-state index in [2.05, 4.69) is 46.2 Å². The van der Waals surface area contributed by atoms with Crippen molar-refractivity contribution in [3.63, 3.8) is 0 Å². The lowest BCUT2D eigenvalue weighted by atomic mass is 10.2. The van der Waals surface area contributed by atoms with E-state index in [9.17, 15) is 4.39 Å². The van der Waals surface area contributed by atoms with E-state index in [4.69, 9.17) is 0 Å². The van der Waals surface area contributed by atoms with Crippen molar-refractivity contribution < 1.29 is 4.39 Å². The Labute approximate surface area is 137 Å². The molecule has 0 amide bonds. The molecule has 3 heteroatoms. The van der Waals surface area contributed by atoms with Crippen LogP contribution in [0.1, 0.15) is 11.1 Å². The van der Waals surface area contributed by atoms with Gasteiger partial charge in [-0.15, -0.1) is 0 Å². The van der Waals surface area contributed by atoms with Gasteiger partial charge in [-0.25, -0.2) is 4.39 Å². The van der Waals surface area contributed by atoms with Crippen molar-refractivity contribution in [2.45, 2.75) is 6.54 Å². The van der Waals surface area contributed by atoms with Crippen molar-refractivity contribution in [3.05, 3.63) is 77.6 Å². The van der Waals surface area contributed by atoms with E-state index in [0.717, 1.165) is 44.8 Å². The highest BCUT2D eigenvalue weighted by Gasteiger charge is 2.15. The molecule has 1 fully saturated rings. The highest BCUT2D eigenvalue weighted by molar-refractivity contribution is 5.48. The van der Waals surface area contributed by atoms with Gasteiger partial charge in [0.1, 0.15) is 5.82 Å². The zero-order chi connectivity index (χ0) is 15.9. The van der Waals surface area contributed by atoms with E-state index < -0.39 is 0 Å². The molecule has 0 atom stereocenters. The van der Waals surface area contributed by atoms with Gasteiger partial charge in [-0.3, -0.25) is 9.80 Å². The third-order valence-corrected chi connectivity index (χ3v) is 4.23. The van der Waals surface area contributed by atoms with Gasteiger partial charge < -0.3 is 0 Å². The van der Waals surface area contributed by atoms with Crippen molar-refractivity contribution in [2.75, 3.05) is 32.7 Å². The molecule has 0 aliphatic carbocycles. The van der Waals surface area contributed by atoms with Gasteiger partial charge in [0.15, 0.2) is 0 Å². The fourth-order valence-corrected chi connectivity index (χ4v) is 2.93. The van der Waals surface area contributed by atoms with Crippen LogP contribution >= 0.6 is 0 Å². The number of hydrogen-bond donors (Lipinski definition) is 0. The second-order valence-corrected chi connectivity index (χ2v) is 6.02. The third-order valence-electron chi connectivity index (χ3n) is 4.23. The normalized spacial score (nSPS) is 16.9. The molecule has 0 saturated carbocycles. The molecule has 1 saturated heterocycles. The molecule has 2 aromatic carbocycles. The molecule has 1 aliphatic rings. The summed E-state index contributed by atoms with van der Waals surface area (Å²) in [6, 6.07) is 17.3. The van der Waals surface area contributed by atoms with Crippen LogP contribution in [0.4, 0.5) is 4.39 Å². The average Bonchev–Trinajstić information content (AvgIpc) is 2.58. The zero-order valence-electron chi connectivity index (χ0n) is 13.4. The first-order valence-electron chi connectivity index (χ1n) is 8.20. The van der Waals surface area contributed by atoms with Gasteiger partial charge in [-0.05, 0) is 23.3 Å². The molecule has 0 unspecified atom stereocenters. The Morgan fingerprint density at radius 2 is 1.61 bits per heavy atom. The Bertz CT molecular complexity index is 631. The molecule has 0 spiro atoms. The number of rotatable bonds is 5. The van der Waals surface area contributed by atoms with E-state index in [1.165, 1.54) is 11.6 Å². The smallest absolute Gasteiger partial charge is 0.123 e. The fourth-order valence-electron chi connectivity index (χ4n) is 2.93. The number of nitrogens with zero attached hydrogens (tertiary/aromatic N) is 2. The molecule has 0 N–H and O–H groups in total. The van der Waals surface area contributed by atoms with Crippen LogP contribution in [0.25, 0.3) is 6.08 Å². The van der Waals surface area contributed by atoms with E-state index in [-0.39, 0.29) is 5.82 Å². The molecule has 2 nitrogen and oxygen atoms in total. The zero-order valence-corrected chi connectivity index (χ0v) is 13.4. The molecule has 0 radical (unpaired) electrons. The van der Waals surface area contributed by atoms with Crippen LogP contribution in [0.5, 0.6) is 0 Å². The maximum atomic E-state index is 13.2.